The van der Waals surface area contributed by atoms with Gasteiger partial charge in [-0.05, 0) is 32.9 Å². The van der Waals surface area contributed by atoms with Crippen LogP contribution in [0.25, 0.3) is 0 Å². The maximum absolute atomic E-state index is 5.13. The van der Waals surface area contributed by atoms with Gasteiger partial charge in [0.15, 0.2) is 0 Å². The van der Waals surface area contributed by atoms with E-state index < -0.39 is 0 Å². The molecule has 5 nitrogen and oxygen atoms in total. The van der Waals surface area contributed by atoms with E-state index in [1.807, 2.05) is 13.0 Å². The monoisotopic (exact) mass is 236 g/mol. The van der Waals surface area contributed by atoms with Crippen LogP contribution >= 0.6 is 0 Å². The minimum Gasteiger partial charge on any atom is -0.481 e. The smallest absolute Gasteiger partial charge is 0.218 e. The summed E-state index contributed by atoms with van der Waals surface area (Å²) in [4.78, 5) is 10.9. The SMILES string of the molecule is COc1cc(NCC2CCN(C)C2)nc(C)n1. The highest BCUT2D eigenvalue weighted by Gasteiger charge is 2.19. The molecule has 0 amide bonds. The average molecular weight is 236 g/mol. The minimum absolute atomic E-state index is 0.614. The van der Waals surface area contributed by atoms with E-state index in [-0.39, 0.29) is 0 Å². The van der Waals surface area contributed by atoms with Crippen molar-refractivity contribution in [2.24, 2.45) is 5.92 Å². The fraction of sp³-hybridized carbons (Fsp3) is 0.667. The van der Waals surface area contributed by atoms with E-state index >= 15 is 0 Å². The third-order valence-electron chi connectivity index (χ3n) is 3.08. The molecule has 0 radical (unpaired) electrons. The van der Waals surface area contributed by atoms with Crippen LogP contribution in [0, 0.1) is 12.8 Å². The minimum atomic E-state index is 0.614. The van der Waals surface area contributed by atoms with Crippen molar-refractivity contribution in [3.63, 3.8) is 0 Å². The van der Waals surface area contributed by atoms with Crippen LogP contribution in [0.4, 0.5) is 5.82 Å². The highest BCUT2D eigenvalue weighted by atomic mass is 16.5. The summed E-state index contributed by atoms with van der Waals surface area (Å²) in [5.74, 6) is 2.91. The molecule has 1 aromatic heterocycles. The zero-order valence-electron chi connectivity index (χ0n) is 10.7. The summed E-state index contributed by atoms with van der Waals surface area (Å²) in [6.45, 7) is 5.19. The lowest BCUT2D eigenvalue weighted by molar-refractivity contribution is 0.395. The summed E-state index contributed by atoms with van der Waals surface area (Å²) in [6.07, 6.45) is 1.25. The topological polar surface area (TPSA) is 50.3 Å². The molecule has 5 heteroatoms. The van der Waals surface area contributed by atoms with E-state index in [9.17, 15) is 0 Å². The molecule has 1 saturated heterocycles. The van der Waals surface area contributed by atoms with E-state index in [2.05, 4.69) is 27.2 Å². The molecule has 1 unspecified atom stereocenters. The van der Waals surface area contributed by atoms with Crippen LogP contribution in [0.15, 0.2) is 6.07 Å². The van der Waals surface area contributed by atoms with E-state index in [1.54, 1.807) is 7.11 Å². The zero-order valence-corrected chi connectivity index (χ0v) is 10.7. The first-order valence-corrected chi connectivity index (χ1v) is 5.99. The van der Waals surface area contributed by atoms with Crippen molar-refractivity contribution < 1.29 is 4.74 Å². The Morgan fingerprint density at radius 2 is 2.35 bits per heavy atom. The van der Waals surface area contributed by atoms with Gasteiger partial charge in [0.25, 0.3) is 0 Å². The second-order valence-corrected chi connectivity index (χ2v) is 4.64. The number of hydrogen-bond donors (Lipinski definition) is 1. The molecular formula is C12H20N4O. The predicted octanol–water partition coefficient (Wildman–Crippen LogP) is 1.16. The molecule has 0 bridgehead atoms. The van der Waals surface area contributed by atoms with Crippen LogP contribution in [0.5, 0.6) is 5.88 Å². The van der Waals surface area contributed by atoms with Crippen LogP contribution < -0.4 is 10.1 Å². The Balaban J connectivity index is 1.92. The molecule has 0 spiro atoms. The first-order chi connectivity index (χ1) is 8.17. The number of aryl methyl sites for hydroxylation is 1. The first-order valence-electron chi connectivity index (χ1n) is 5.99. The highest BCUT2D eigenvalue weighted by Crippen LogP contribution is 2.17. The summed E-state index contributed by atoms with van der Waals surface area (Å²) in [5, 5.41) is 3.36. The number of likely N-dealkylation sites (tertiary alicyclic amines) is 1. The number of nitrogens with one attached hydrogen (secondary N) is 1. The van der Waals surface area contributed by atoms with Crippen LogP contribution in [0.2, 0.25) is 0 Å². The van der Waals surface area contributed by atoms with Crippen molar-refractivity contribution >= 4 is 5.82 Å². The van der Waals surface area contributed by atoms with E-state index in [0.717, 1.165) is 24.7 Å². The Bertz CT molecular complexity index is 383. The summed E-state index contributed by atoms with van der Waals surface area (Å²) in [7, 11) is 3.79. The second-order valence-electron chi connectivity index (χ2n) is 4.64. The molecule has 1 aliphatic rings. The standard InChI is InChI=1S/C12H20N4O/c1-9-14-11(6-12(15-9)17-3)13-7-10-4-5-16(2)8-10/h6,10H,4-5,7-8H2,1-3H3,(H,13,14,15). The number of methoxy groups -OCH3 is 1. The molecule has 2 heterocycles. The molecule has 1 aliphatic heterocycles. The van der Waals surface area contributed by atoms with Crippen molar-refractivity contribution in [1.82, 2.24) is 14.9 Å². The predicted molar refractivity (Wildman–Crippen MR) is 67.4 cm³/mol. The van der Waals surface area contributed by atoms with Crippen LogP contribution in [0.3, 0.4) is 0 Å². The zero-order chi connectivity index (χ0) is 12.3. The summed E-state index contributed by atoms with van der Waals surface area (Å²) >= 11 is 0. The number of rotatable bonds is 4. The summed E-state index contributed by atoms with van der Waals surface area (Å²) in [6, 6.07) is 1.84. The van der Waals surface area contributed by atoms with Gasteiger partial charge in [0.2, 0.25) is 5.88 Å². The third-order valence-corrected chi connectivity index (χ3v) is 3.08. The Labute approximate surface area is 102 Å². The van der Waals surface area contributed by atoms with Gasteiger partial charge in [-0.3, -0.25) is 0 Å². The summed E-state index contributed by atoms with van der Waals surface area (Å²) < 4.78 is 5.13. The molecule has 17 heavy (non-hydrogen) atoms. The van der Waals surface area contributed by atoms with E-state index in [1.165, 1.54) is 13.0 Å². The van der Waals surface area contributed by atoms with Gasteiger partial charge < -0.3 is 15.0 Å². The Hall–Kier alpha value is -1.36. The lowest BCUT2D eigenvalue weighted by atomic mass is 10.1. The normalized spacial score (nSPS) is 20.5. The molecule has 1 fully saturated rings. The van der Waals surface area contributed by atoms with Gasteiger partial charge >= 0.3 is 0 Å². The lowest BCUT2D eigenvalue weighted by Crippen LogP contribution is -2.19. The van der Waals surface area contributed by atoms with Crippen LogP contribution in [-0.4, -0.2) is 48.7 Å². The fourth-order valence-corrected chi connectivity index (χ4v) is 2.18. The van der Waals surface area contributed by atoms with E-state index in [0.29, 0.717) is 11.8 Å². The molecule has 2 rings (SSSR count). The Morgan fingerprint density at radius 1 is 1.53 bits per heavy atom. The quantitative estimate of drug-likeness (QED) is 0.850. The average Bonchev–Trinajstić information content (AvgIpc) is 2.72. The first kappa shape index (κ1) is 12.1. The molecule has 0 aromatic carbocycles. The maximum Gasteiger partial charge on any atom is 0.218 e. The highest BCUT2D eigenvalue weighted by molar-refractivity contribution is 5.38. The van der Waals surface area contributed by atoms with Crippen LogP contribution in [-0.2, 0) is 0 Å². The number of nitrogens with zero attached hydrogens (tertiary/aromatic N) is 3. The maximum atomic E-state index is 5.13. The van der Waals surface area contributed by atoms with Gasteiger partial charge in [0.1, 0.15) is 11.6 Å². The van der Waals surface area contributed by atoms with Crippen molar-refractivity contribution in [2.45, 2.75) is 13.3 Å². The van der Waals surface area contributed by atoms with Gasteiger partial charge in [-0.25, -0.2) is 4.98 Å². The van der Waals surface area contributed by atoms with Crippen LogP contribution in [0.1, 0.15) is 12.2 Å². The van der Waals surface area contributed by atoms with Crippen molar-refractivity contribution in [2.75, 3.05) is 39.1 Å². The molecule has 1 atom stereocenters. The molecule has 1 aromatic rings. The largest absolute Gasteiger partial charge is 0.481 e. The molecule has 0 aliphatic carbocycles. The fourth-order valence-electron chi connectivity index (χ4n) is 2.18. The molecule has 0 saturated carbocycles. The van der Waals surface area contributed by atoms with Crippen molar-refractivity contribution in [3.8, 4) is 5.88 Å². The van der Waals surface area contributed by atoms with Gasteiger partial charge in [0.05, 0.1) is 7.11 Å². The number of aromatic nitrogens is 2. The van der Waals surface area contributed by atoms with Gasteiger partial charge in [-0.1, -0.05) is 0 Å². The lowest BCUT2D eigenvalue weighted by Gasteiger charge is -2.12. The van der Waals surface area contributed by atoms with Gasteiger partial charge in [-0.15, -0.1) is 0 Å². The Morgan fingerprint density at radius 3 is 3.00 bits per heavy atom. The number of hydrogen-bond acceptors (Lipinski definition) is 5. The second kappa shape index (κ2) is 5.31. The summed E-state index contributed by atoms with van der Waals surface area (Å²) in [5.41, 5.74) is 0. The molecular weight excluding hydrogens is 216 g/mol. The molecule has 1 N–H and O–H groups in total. The Kier molecular flexibility index (Phi) is 3.78. The van der Waals surface area contributed by atoms with E-state index in [4.69, 9.17) is 4.74 Å². The van der Waals surface area contributed by atoms with Crippen molar-refractivity contribution in [1.29, 1.82) is 0 Å². The molecule has 94 valence electrons. The number of ether oxygens (including phenoxy) is 1. The van der Waals surface area contributed by atoms with Gasteiger partial charge in [0, 0.05) is 19.2 Å². The number of anilines is 1. The van der Waals surface area contributed by atoms with Gasteiger partial charge in [-0.2, -0.15) is 4.98 Å². The van der Waals surface area contributed by atoms with Crippen molar-refractivity contribution in [3.05, 3.63) is 11.9 Å². The third kappa shape index (κ3) is 3.30.